The predicted octanol–water partition coefficient (Wildman–Crippen LogP) is 4.11. The molecule has 3 rings (SSSR count). The lowest BCUT2D eigenvalue weighted by Gasteiger charge is -2.13. The minimum Gasteiger partial charge on any atom is -0.434 e. The molecule has 136 valence electrons. The fraction of sp³-hybridized carbons (Fsp3) is 0.222. The van der Waals surface area contributed by atoms with Gasteiger partial charge in [0.1, 0.15) is 11.6 Å². The van der Waals surface area contributed by atoms with Gasteiger partial charge in [0, 0.05) is 6.54 Å². The van der Waals surface area contributed by atoms with Crippen LogP contribution in [0.1, 0.15) is 11.5 Å². The van der Waals surface area contributed by atoms with Gasteiger partial charge in [-0.1, -0.05) is 29.4 Å². The Morgan fingerprint density at radius 3 is 2.54 bits per heavy atom. The van der Waals surface area contributed by atoms with E-state index in [1.165, 1.54) is 18.2 Å². The molecule has 26 heavy (non-hydrogen) atoms. The summed E-state index contributed by atoms with van der Waals surface area (Å²) in [6, 6.07) is 12.4. The Morgan fingerprint density at radius 2 is 1.81 bits per heavy atom. The van der Waals surface area contributed by atoms with Gasteiger partial charge in [-0.25, -0.2) is 4.39 Å². The van der Waals surface area contributed by atoms with Crippen LogP contribution in [0.3, 0.4) is 0 Å². The number of para-hydroxylation sites is 1. The van der Waals surface area contributed by atoms with E-state index in [9.17, 15) is 13.2 Å². The van der Waals surface area contributed by atoms with Crippen LogP contribution in [0.2, 0.25) is 0 Å². The van der Waals surface area contributed by atoms with Crippen molar-refractivity contribution in [2.45, 2.75) is 19.7 Å². The van der Waals surface area contributed by atoms with E-state index in [4.69, 9.17) is 4.52 Å². The molecule has 0 atom stereocenters. The van der Waals surface area contributed by atoms with Crippen molar-refractivity contribution in [2.75, 3.05) is 7.05 Å². The number of aromatic nitrogens is 2. The lowest BCUT2D eigenvalue weighted by molar-refractivity contribution is -0.0494. The van der Waals surface area contributed by atoms with Crippen molar-refractivity contribution in [3.63, 3.8) is 0 Å². The molecule has 1 heterocycles. The van der Waals surface area contributed by atoms with Crippen molar-refractivity contribution in [3.05, 3.63) is 65.8 Å². The number of halogens is 3. The largest absolute Gasteiger partial charge is 0.434 e. The first-order valence-electron chi connectivity index (χ1n) is 7.81. The molecule has 8 heteroatoms. The molecule has 0 aliphatic rings. The zero-order valence-electron chi connectivity index (χ0n) is 13.9. The highest BCUT2D eigenvalue weighted by Crippen LogP contribution is 2.29. The SMILES string of the molecule is CN(Cc1ccc(F)cc1)Cc1nc(-c2ccccc2OC(F)F)no1. The maximum absolute atomic E-state index is 12.9. The summed E-state index contributed by atoms with van der Waals surface area (Å²) in [6.45, 7) is -2.03. The van der Waals surface area contributed by atoms with Crippen molar-refractivity contribution in [2.24, 2.45) is 0 Å². The van der Waals surface area contributed by atoms with Gasteiger partial charge in [0.15, 0.2) is 0 Å². The van der Waals surface area contributed by atoms with Gasteiger partial charge in [-0.3, -0.25) is 4.90 Å². The van der Waals surface area contributed by atoms with Crippen LogP contribution in [-0.4, -0.2) is 28.7 Å². The van der Waals surface area contributed by atoms with Gasteiger partial charge >= 0.3 is 6.61 Å². The summed E-state index contributed by atoms with van der Waals surface area (Å²) in [5, 5.41) is 3.84. The molecule has 0 aliphatic carbocycles. The van der Waals surface area contributed by atoms with E-state index in [1.54, 1.807) is 30.3 Å². The zero-order chi connectivity index (χ0) is 18.5. The maximum Gasteiger partial charge on any atom is 0.387 e. The lowest BCUT2D eigenvalue weighted by Crippen LogP contribution is -2.17. The first-order chi connectivity index (χ1) is 12.5. The van der Waals surface area contributed by atoms with Crippen LogP contribution in [0, 0.1) is 5.82 Å². The van der Waals surface area contributed by atoms with E-state index < -0.39 is 6.61 Å². The van der Waals surface area contributed by atoms with Crippen molar-refractivity contribution < 1.29 is 22.4 Å². The summed E-state index contributed by atoms with van der Waals surface area (Å²) in [6.07, 6.45) is 0. The Hall–Kier alpha value is -2.87. The van der Waals surface area contributed by atoms with E-state index in [1.807, 2.05) is 11.9 Å². The standard InChI is InChI=1S/C18H16F3N3O2/c1-24(10-12-6-8-13(19)9-7-12)11-16-22-17(23-26-16)14-4-2-3-5-15(14)25-18(20)21/h2-9,18H,10-11H2,1H3. The van der Waals surface area contributed by atoms with Crippen LogP contribution < -0.4 is 4.74 Å². The average molecular weight is 363 g/mol. The molecule has 0 radical (unpaired) electrons. The van der Waals surface area contributed by atoms with Crippen LogP contribution in [0.5, 0.6) is 5.75 Å². The summed E-state index contributed by atoms with van der Waals surface area (Å²) in [4.78, 5) is 6.15. The average Bonchev–Trinajstić information content (AvgIpc) is 3.05. The fourth-order valence-electron chi connectivity index (χ4n) is 2.47. The molecule has 0 amide bonds. The second kappa shape index (κ2) is 8.01. The Labute approximate surface area is 148 Å². The third kappa shape index (κ3) is 4.60. The van der Waals surface area contributed by atoms with Gasteiger partial charge in [-0.2, -0.15) is 13.8 Å². The summed E-state index contributed by atoms with van der Waals surface area (Å²) in [5.41, 5.74) is 1.26. The minimum atomic E-state index is -2.94. The molecular formula is C18H16F3N3O2. The van der Waals surface area contributed by atoms with Gasteiger partial charge in [-0.15, -0.1) is 0 Å². The molecule has 0 N–H and O–H groups in total. The summed E-state index contributed by atoms with van der Waals surface area (Å²) < 4.78 is 47.6. The van der Waals surface area contributed by atoms with Gasteiger partial charge in [-0.05, 0) is 36.9 Å². The van der Waals surface area contributed by atoms with Crippen molar-refractivity contribution in [1.29, 1.82) is 0 Å². The highest BCUT2D eigenvalue weighted by atomic mass is 19.3. The van der Waals surface area contributed by atoms with Crippen LogP contribution >= 0.6 is 0 Å². The molecule has 1 aromatic heterocycles. The van der Waals surface area contributed by atoms with Crippen molar-refractivity contribution >= 4 is 0 Å². The van der Waals surface area contributed by atoms with E-state index in [0.29, 0.717) is 24.5 Å². The lowest BCUT2D eigenvalue weighted by atomic mass is 10.2. The van der Waals surface area contributed by atoms with Crippen LogP contribution in [0.4, 0.5) is 13.2 Å². The molecule has 0 fully saturated rings. The fourth-order valence-corrected chi connectivity index (χ4v) is 2.47. The molecule has 0 saturated heterocycles. The van der Waals surface area contributed by atoms with Crippen LogP contribution in [-0.2, 0) is 13.1 Å². The summed E-state index contributed by atoms with van der Waals surface area (Å²) in [5.74, 6) is 0.194. The summed E-state index contributed by atoms with van der Waals surface area (Å²) >= 11 is 0. The van der Waals surface area contributed by atoms with Crippen LogP contribution in [0.15, 0.2) is 53.1 Å². The summed E-state index contributed by atoms with van der Waals surface area (Å²) in [7, 11) is 1.85. The number of alkyl halides is 2. The highest BCUT2D eigenvalue weighted by molar-refractivity contribution is 5.63. The molecule has 0 spiro atoms. The number of rotatable bonds is 7. The maximum atomic E-state index is 12.9. The molecular weight excluding hydrogens is 347 g/mol. The van der Waals surface area contributed by atoms with Crippen LogP contribution in [0.25, 0.3) is 11.4 Å². The topological polar surface area (TPSA) is 51.4 Å². The Bertz CT molecular complexity index is 853. The van der Waals surface area contributed by atoms with Crippen molar-refractivity contribution in [3.8, 4) is 17.1 Å². The second-order valence-electron chi connectivity index (χ2n) is 5.69. The zero-order valence-corrected chi connectivity index (χ0v) is 13.9. The molecule has 0 aliphatic heterocycles. The van der Waals surface area contributed by atoms with Gasteiger partial charge in [0.2, 0.25) is 11.7 Å². The van der Waals surface area contributed by atoms with E-state index in [-0.39, 0.29) is 17.4 Å². The van der Waals surface area contributed by atoms with E-state index in [0.717, 1.165) is 5.56 Å². The Kier molecular flexibility index (Phi) is 5.52. The number of nitrogens with zero attached hydrogens (tertiary/aromatic N) is 3. The Morgan fingerprint density at radius 1 is 1.08 bits per heavy atom. The number of hydrogen-bond acceptors (Lipinski definition) is 5. The first kappa shape index (κ1) is 17.9. The Balaban J connectivity index is 1.69. The number of benzene rings is 2. The quantitative estimate of drug-likeness (QED) is 0.632. The van der Waals surface area contributed by atoms with Gasteiger partial charge in [0.05, 0.1) is 12.1 Å². The third-order valence-electron chi connectivity index (χ3n) is 3.58. The van der Waals surface area contributed by atoms with Gasteiger partial charge < -0.3 is 9.26 Å². The minimum absolute atomic E-state index is 0.0190. The number of hydrogen-bond donors (Lipinski definition) is 0. The molecule has 0 unspecified atom stereocenters. The third-order valence-corrected chi connectivity index (χ3v) is 3.58. The monoisotopic (exact) mass is 363 g/mol. The van der Waals surface area contributed by atoms with Gasteiger partial charge in [0.25, 0.3) is 0 Å². The van der Waals surface area contributed by atoms with E-state index in [2.05, 4.69) is 14.9 Å². The van der Waals surface area contributed by atoms with Crippen molar-refractivity contribution in [1.82, 2.24) is 15.0 Å². The second-order valence-corrected chi connectivity index (χ2v) is 5.69. The molecule has 5 nitrogen and oxygen atoms in total. The first-order valence-corrected chi connectivity index (χ1v) is 7.81. The van der Waals surface area contributed by atoms with E-state index >= 15 is 0 Å². The molecule has 2 aromatic carbocycles. The predicted molar refractivity (Wildman–Crippen MR) is 87.9 cm³/mol. The smallest absolute Gasteiger partial charge is 0.387 e. The molecule has 0 saturated carbocycles. The molecule has 3 aromatic rings. The molecule has 0 bridgehead atoms. The highest BCUT2D eigenvalue weighted by Gasteiger charge is 2.16. The number of ether oxygens (including phenoxy) is 1. The normalized spacial score (nSPS) is 11.3.